The van der Waals surface area contributed by atoms with Crippen LogP contribution in [0.1, 0.15) is 23.5 Å². The molecule has 1 aromatic carbocycles. The summed E-state index contributed by atoms with van der Waals surface area (Å²) in [5, 5.41) is 0.991. The van der Waals surface area contributed by atoms with Crippen LogP contribution in [0.3, 0.4) is 0 Å². The van der Waals surface area contributed by atoms with Crippen molar-refractivity contribution in [3.8, 4) is 10.6 Å². The van der Waals surface area contributed by atoms with Gasteiger partial charge in [0, 0.05) is 25.0 Å². The monoisotopic (exact) mass is 340 g/mol. The molecule has 0 fully saturated rings. The Morgan fingerprint density at radius 1 is 1.33 bits per heavy atom. The maximum Gasteiger partial charge on any atom is 0.242 e. The number of likely N-dealkylation sites (N-methyl/N-ethyl adjacent to an activating group) is 1. The molecule has 24 heavy (non-hydrogen) atoms. The fourth-order valence-electron chi connectivity index (χ4n) is 2.54. The Kier molecular flexibility index (Phi) is 4.76. The fourth-order valence-corrected chi connectivity index (χ4v) is 3.71. The van der Waals surface area contributed by atoms with Gasteiger partial charge in [0.1, 0.15) is 11.6 Å². The molecule has 2 aromatic heterocycles. The van der Waals surface area contributed by atoms with Crippen molar-refractivity contribution in [2.24, 2.45) is 0 Å². The number of carbonyl (C=O) groups excluding carboxylic acids is 1. The van der Waals surface area contributed by atoms with Crippen molar-refractivity contribution in [2.45, 2.75) is 26.4 Å². The number of nitrogens with zero attached hydrogens (tertiary/aromatic N) is 4. The molecule has 0 radical (unpaired) electrons. The highest BCUT2D eigenvalue weighted by molar-refractivity contribution is 7.15. The summed E-state index contributed by atoms with van der Waals surface area (Å²) in [6, 6.07) is 10.1. The third kappa shape index (κ3) is 3.38. The Balaban J connectivity index is 1.78. The van der Waals surface area contributed by atoms with Crippen LogP contribution in [0.4, 0.5) is 0 Å². The van der Waals surface area contributed by atoms with Gasteiger partial charge in [-0.3, -0.25) is 4.79 Å². The topological polar surface area (TPSA) is 51.0 Å². The Hall–Kier alpha value is -2.47. The van der Waals surface area contributed by atoms with Gasteiger partial charge in [0.15, 0.2) is 0 Å². The first-order valence-corrected chi connectivity index (χ1v) is 8.62. The predicted molar refractivity (Wildman–Crippen MR) is 95.7 cm³/mol. The lowest BCUT2D eigenvalue weighted by Gasteiger charge is -2.24. The van der Waals surface area contributed by atoms with E-state index in [1.54, 1.807) is 39.5 Å². The molecule has 3 aromatic rings. The van der Waals surface area contributed by atoms with Crippen LogP contribution >= 0.6 is 11.3 Å². The summed E-state index contributed by atoms with van der Waals surface area (Å²) in [6.07, 6.45) is 5.12. The average molecular weight is 340 g/mol. The van der Waals surface area contributed by atoms with E-state index in [9.17, 15) is 4.79 Å². The van der Waals surface area contributed by atoms with E-state index in [0.29, 0.717) is 6.54 Å². The van der Waals surface area contributed by atoms with Crippen LogP contribution in [0.5, 0.6) is 0 Å². The molecule has 0 spiro atoms. The van der Waals surface area contributed by atoms with Crippen LogP contribution in [0.15, 0.2) is 49.1 Å². The lowest BCUT2D eigenvalue weighted by molar-refractivity contribution is -0.132. The molecule has 3 rings (SSSR count). The van der Waals surface area contributed by atoms with Crippen molar-refractivity contribution < 1.29 is 4.79 Å². The highest BCUT2D eigenvalue weighted by Crippen LogP contribution is 2.33. The van der Waals surface area contributed by atoms with Crippen molar-refractivity contribution >= 4 is 17.2 Å². The van der Waals surface area contributed by atoms with E-state index in [1.807, 2.05) is 39.1 Å². The van der Waals surface area contributed by atoms with Gasteiger partial charge >= 0.3 is 0 Å². The van der Waals surface area contributed by atoms with Crippen LogP contribution in [-0.2, 0) is 11.3 Å². The number of rotatable bonds is 5. The summed E-state index contributed by atoms with van der Waals surface area (Å²) in [6.45, 7) is 4.34. The van der Waals surface area contributed by atoms with E-state index in [-0.39, 0.29) is 11.9 Å². The van der Waals surface area contributed by atoms with Crippen molar-refractivity contribution in [3.63, 3.8) is 0 Å². The number of aryl methyl sites for hydroxylation is 1. The molecule has 1 unspecified atom stereocenters. The van der Waals surface area contributed by atoms with E-state index in [1.165, 1.54) is 0 Å². The van der Waals surface area contributed by atoms with Gasteiger partial charge < -0.3 is 9.47 Å². The molecule has 5 nitrogen and oxygen atoms in total. The molecule has 6 heteroatoms. The van der Waals surface area contributed by atoms with Gasteiger partial charge in [-0.1, -0.05) is 30.3 Å². The van der Waals surface area contributed by atoms with Gasteiger partial charge in [0.2, 0.25) is 5.91 Å². The normalized spacial score (nSPS) is 12.1. The van der Waals surface area contributed by atoms with Gasteiger partial charge in [-0.2, -0.15) is 0 Å². The Morgan fingerprint density at radius 2 is 2.08 bits per heavy atom. The van der Waals surface area contributed by atoms with Gasteiger partial charge in [-0.05, 0) is 13.8 Å². The van der Waals surface area contributed by atoms with Crippen molar-refractivity contribution in [2.75, 3.05) is 7.05 Å². The number of hydrogen-bond donors (Lipinski definition) is 0. The quantitative estimate of drug-likeness (QED) is 0.714. The second-order valence-corrected chi connectivity index (χ2v) is 6.78. The second kappa shape index (κ2) is 6.97. The molecule has 1 atom stereocenters. The largest absolute Gasteiger partial charge is 0.337 e. The van der Waals surface area contributed by atoms with E-state index in [0.717, 1.165) is 21.1 Å². The molecule has 1 amide bonds. The lowest BCUT2D eigenvalue weighted by atomic mass is 10.2. The maximum absolute atomic E-state index is 12.5. The first-order valence-electron chi connectivity index (χ1n) is 7.80. The van der Waals surface area contributed by atoms with Crippen LogP contribution in [-0.4, -0.2) is 32.4 Å². The molecule has 0 saturated heterocycles. The van der Waals surface area contributed by atoms with Crippen LogP contribution in [0.25, 0.3) is 10.6 Å². The standard InChI is InChI=1S/C18H20N4OS/c1-13-17(24-18(20-13)15-7-5-4-6-8-15)14(2)21(3)16(23)11-22-10-9-19-12-22/h4-10,12,14H,11H2,1-3H3. The average Bonchev–Trinajstić information content (AvgIpc) is 3.24. The van der Waals surface area contributed by atoms with Gasteiger partial charge in [-0.15, -0.1) is 11.3 Å². The first kappa shape index (κ1) is 16.4. The molecule has 0 aliphatic rings. The number of hydrogen-bond acceptors (Lipinski definition) is 4. The van der Waals surface area contributed by atoms with Crippen LogP contribution < -0.4 is 0 Å². The molecular formula is C18H20N4OS. The summed E-state index contributed by atoms with van der Waals surface area (Å²) in [7, 11) is 1.84. The number of carbonyl (C=O) groups is 1. The number of benzene rings is 1. The Labute approximate surface area is 145 Å². The Bertz CT molecular complexity index is 811. The third-order valence-electron chi connectivity index (χ3n) is 4.08. The number of amides is 1. The number of thiazole rings is 1. The van der Waals surface area contributed by atoms with Crippen LogP contribution in [0.2, 0.25) is 0 Å². The molecule has 0 aliphatic carbocycles. The highest BCUT2D eigenvalue weighted by atomic mass is 32.1. The highest BCUT2D eigenvalue weighted by Gasteiger charge is 2.22. The molecule has 2 heterocycles. The third-order valence-corrected chi connectivity index (χ3v) is 5.46. The predicted octanol–water partition coefficient (Wildman–Crippen LogP) is 3.53. The number of imidazole rings is 1. The smallest absolute Gasteiger partial charge is 0.242 e. The zero-order valence-electron chi connectivity index (χ0n) is 14.0. The second-order valence-electron chi connectivity index (χ2n) is 5.75. The van der Waals surface area contributed by atoms with E-state index in [2.05, 4.69) is 22.1 Å². The first-order chi connectivity index (χ1) is 11.6. The number of aromatic nitrogens is 3. The molecule has 0 bridgehead atoms. The maximum atomic E-state index is 12.5. The summed E-state index contributed by atoms with van der Waals surface area (Å²) >= 11 is 1.65. The minimum Gasteiger partial charge on any atom is -0.337 e. The lowest BCUT2D eigenvalue weighted by Crippen LogP contribution is -2.32. The molecular weight excluding hydrogens is 320 g/mol. The molecule has 0 aliphatic heterocycles. The van der Waals surface area contributed by atoms with Crippen molar-refractivity contribution in [3.05, 3.63) is 59.6 Å². The van der Waals surface area contributed by atoms with Gasteiger partial charge in [0.05, 0.1) is 22.9 Å². The summed E-state index contributed by atoms with van der Waals surface area (Å²) in [5.74, 6) is 0.0505. The van der Waals surface area contributed by atoms with E-state index >= 15 is 0 Å². The zero-order chi connectivity index (χ0) is 17.1. The van der Waals surface area contributed by atoms with E-state index < -0.39 is 0 Å². The SMILES string of the molecule is Cc1nc(-c2ccccc2)sc1C(C)N(C)C(=O)Cn1ccnc1. The van der Waals surface area contributed by atoms with E-state index in [4.69, 9.17) is 0 Å². The minimum atomic E-state index is -0.0176. The molecule has 0 saturated carbocycles. The summed E-state index contributed by atoms with van der Waals surface area (Å²) < 4.78 is 1.78. The minimum absolute atomic E-state index is 0.0176. The summed E-state index contributed by atoms with van der Waals surface area (Å²) in [4.78, 5) is 24.0. The van der Waals surface area contributed by atoms with Crippen molar-refractivity contribution in [1.29, 1.82) is 0 Å². The van der Waals surface area contributed by atoms with Gasteiger partial charge in [-0.25, -0.2) is 9.97 Å². The molecule has 0 N–H and O–H groups in total. The zero-order valence-corrected chi connectivity index (χ0v) is 14.8. The van der Waals surface area contributed by atoms with Gasteiger partial charge in [0.25, 0.3) is 0 Å². The fraction of sp³-hybridized carbons (Fsp3) is 0.278. The summed E-state index contributed by atoms with van der Waals surface area (Å²) in [5.41, 5.74) is 2.09. The molecule has 124 valence electrons. The van der Waals surface area contributed by atoms with Crippen LogP contribution in [0, 0.1) is 6.92 Å². The Morgan fingerprint density at radius 3 is 2.75 bits per heavy atom. The van der Waals surface area contributed by atoms with Crippen molar-refractivity contribution in [1.82, 2.24) is 19.4 Å².